The maximum absolute atomic E-state index is 12.5. The lowest BCUT2D eigenvalue weighted by atomic mass is 10.2. The summed E-state index contributed by atoms with van der Waals surface area (Å²) in [5, 5.41) is 10.3. The van der Waals surface area contributed by atoms with Crippen molar-refractivity contribution in [1.29, 1.82) is 0 Å². The van der Waals surface area contributed by atoms with E-state index in [1.807, 2.05) is 60.7 Å². The standard InChI is InChI=1S/C22H20N6O2S/c1-15(20(29)27-22(30)23-12-16-8-4-2-5-9-16)31-21-18-13-26-28(19(18)24-14-25-21)17-10-6-3-7-11-17/h2-11,13-15H,12H2,1H3,(H2,23,27,29,30). The second-order valence-electron chi connectivity index (χ2n) is 6.73. The monoisotopic (exact) mass is 432 g/mol. The average molecular weight is 433 g/mol. The summed E-state index contributed by atoms with van der Waals surface area (Å²) in [6.07, 6.45) is 3.13. The molecule has 0 aliphatic carbocycles. The molecule has 156 valence electrons. The Bertz CT molecular complexity index is 1200. The molecule has 0 saturated heterocycles. The van der Waals surface area contributed by atoms with Crippen LogP contribution in [0.2, 0.25) is 0 Å². The Morgan fingerprint density at radius 2 is 1.74 bits per heavy atom. The van der Waals surface area contributed by atoms with E-state index >= 15 is 0 Å². The third-order valence-corrected chi connectivity index (χ3v) is 5.64. The zero-order chi connectivity index (χ0) is 21.6. The molecule has 31 heavy (non-hydrogen) atoms. The fourth-order valence-corrected chi connectivity index (χ4v) is 3.81. The van der Waals surface area contributed by atoms with E-state index in [-0.39, 0.29) is 0 Å². The van der Waals surface area contributed by atoms with Crippen molar-refractivity contribution in [2.24, 2.45) is 0 Å². The second kappa shape index (κ2) is 9.40. The molecule has 0 radical (unpaired) electrons. The molecule has 9 heteroatoms. The molecule has 8 nitrogen and oxygen atoms in total. The topological polar surface area (TPSA) is 102 Å². The SMILES string of the molecule is CC(Sc1ncnc2c1cnn2-c1ccccc1)C(=O)NC(=O)NCc1ccccc1. The van der Waals surface area contributed by atoms with Gasteiger partial charge < -0.3 is 5.32 Å². The molecule has 2 aromatic carbocycles. The molecule has 0 saturated carbocycles. The number of aromatic nitrogens is 4. The molecule has 2 N–H and O–H groups in total. The Labute approximate surface area is 183 Å². The van der Waals surface area contributed by atoms with Crippen LogP contribution in [-0.2, 0) is 11.3 Å². The normalized spacial score (nSPS) is 11.8. The third kappa shape index (κ3) is 4.89. The molecule has 0 fully saturated rings. The summed E-state index contributed by atoms with van der Waals surface area (Å²) < 4.78 is 1.73. The van der Waals surface area contributed by atoms with E-state index in [4.69, 9.17) is 0 Å². The number of carbonyl (C=O) groups is 2. The van der Waals surface area contributed by atoms with Gasteiger partial charge in [-0.15, -0.1) is 0 Å². The molecule has 4 aromatic rings. The average Bonchev–Trinajstić information content (AvgIpc) is 3.24. The molecule has 0 bridgehead atoms. The van der Waals surface area contributed by atoms with E-state index in [9.17, 15) is 9.59 Å². The number of nitrogens with one attached hydrogen (secondary N) is 2. The molecule has 1 unspecified atom stereocenters. The van der Waals surface area contributed by atoms with Crippen LogP contribution in [0.5, 0.6) is 0 Å². The first kappa shape index (κ1) is 20.5. The molecular formula is C22H20N6O2S. The lowest BCUT2D eigenvalue weighted by molar-refractivity contribution is -0.119. The number of hydrogen-bond donors (Lipinski definition) is 2. The van der Waals surface area contributed by atoms with Crippen LogP contribution < -0.4 is 10.6 Å². The highest BCUT2D eigenvalue weighted by Crippen LogP contribution is 2.28. The first-order chi connectivity index (χ1) is 15.1. The van der Waals surface area contributed by atoms with Gasteiger partial charge in [-0.05, 0) is 24.6 Å². The Balaban J connectivity index is 1.41. The van der Waals surface area contributed by atoms with Crippen LogP contribution in [0, 0.1) is 0 Å². The minimum Gasteiger partial charge on any atom is -0.334 e. The van der Waals surface area contributed by atoms with E-state index in [2.05, 4.69) is 25.7 Å². The first-order valence-electron chi connectivity index (χ1n) is 9.65. The summed E-state index contributed by atoms with van der Waals surface area (Å²) >= 11 is 1.25. The number of imide groups is 1. The van der Waals surface area contributed by atoms with Gasteiger partial charge >= 0.3 is 6.03 Å². The predicted octanol–water partition coefficient (Wildman–Crippen LogP) is 3.32. The van der Waals surface area contributed by atoms with Gasteiger partial charge in [0.15, 0.2) is 5.65 Å². The highest BCUT2D eigenvalue weighted by atomic mass is 32.2. The molecular weight excluding hydrogens is 412 g/mol. The van der Waals surface area contributed by atoms with Gasteiger partial charge in [0.1, 0.15) is 11.4 Å². The first-order valence-corrected chi connectivity index (χ1v) is 10.5. The van der Waals surface area contributed by atoms with Gasteiger partial charge in [0.05, 0.1) is 22.5 Å². The van der Waals surface area contributed by atoms with Crippen molar-refractivity contribution in [2.75, 3.05) is 0 Å². The lowest BCUT2D eigenvalue weighted by Crippen LogP contribution is -2.42. The summed E-state index contributed by atoms with van der Waals surface area (Å²) in [5.41, 5.74) is 2.48. The summed E-state index contributed by atoms with van der Waals surface area (Å²) in [4.78, 5) is 33.2. The van der Waals surface area contributed by atoms with E-state index in [0.717, 1.165) is 16.6 Å². The maximum Gasteiger partial charge on any atom is 0.321 e. The van der Waals surface area contributed by atoms with Crippen molar-refractivity contribution in [2.45, 2.75) is 23.7 Å². The summed E-state index contributed by atoms with van der Waals surface area (Å²) in [7, 11) is 0. The quantitative estimate of drug-likeness (QED) is 0.358. The van der Waals surface area contributed by atoms with E-state index in [0.29, 0.717) is 17.2 Å². The number of fused-ring (bicyclic) bond motifs is 1. The number of nitrogens with zero attached hydrogens (tertiary/aromatic N) is 4. The molecule has 0 aliphatic heterocycles. The zero-order valence-electron chi connectivity index (χ0n) is 16.7. The fourth-order valence-electron chi connectivity index (χ4n) is 2.93. The van der Waals surface area contributed by atoms with Crippen LogP contribution in [0.1, 0.15) is 12.5 Å². The van der Waals surface area contributed by atoms with Gasteiger partial charge in [-0.2, -0.15) is 5.10 Å². The lowest BCUT2D eigenvalue weighted by Gasteiger charge is -2.12. The predicted molar refractivity (Wildman–Crippen MR) is 119 cm³/mol. The largest absolute Gasteiger partial charge is 0.334 e. The summed E-state index contributed by atoms with van der Waals surface area (Å²) in [6, 6.07) is 18.6. The second-order valence-corrected chi connectivity index (χ2v) is 8.06. The Morgan fingerprint density at radius 3 is 2.48 bits per heavy atom. The van der Waals surface area contributed by atoms with Gasteiger partial charge in [0.2, 0.25) is 5.91 Å². The van der Waals surface area contributed by atoms with Crippen molar-refractivity contribution < 1.29 is 9.59 Å². The minimum atomic E-state index is -0.541. The van der Waals surface area contributed by atoms with Gasteiger partial charge in [0, 0.05) is 6.54 Å². The molecule has 0 spiro atoms. The summed E-state index contributed by atoms with van der Waals surface area (Å²) in [5.74, 6) is -0.405. The smallest absolute Gasteiger partial charge is 0.321 e. The van der Waals surface area contributed by atoms with Crippen LogP contribution in [0.4, 0.5) is 4.79 Å². The number of hydrogen-bond acceptors (Lipinski definition) is 6. The van der Waals surface area contributed by atoms with Crippen molar-refractivity contribution in [3.8, 4) is 5.69 Å². The number of amides is 3. The van der Waals surface area contributed by atoms with Gasteiger partial charge in [-0.1, -0.05) is 60.3 Å². The van der Waals surface area contributed by atoms with E-state index < -0.39 is 17.2 Å². The van der Waals surface area contributed by atoms with E-state index in [1.54, 1.807) is 17.8 Å². The van der Waals surface area contributed by atoms with Crippen LogP contribution in [0.3, 0.4) is 0 Å². The summed E-state index contributed by atoms with van der Waals surface area (Å²) in [6.45, 7) is 2.06. The number of rotatable bonds is 6. The fraction of sp³-hybridized carbons (Fsp3) is 0.136. The molecule has 4 rings (SSSR count). The number of benzene rings is 2. The van der Waals surface area contributed by atoms with Gasteiger partial charge in [-0.25, -0.2) is 19.4 Å². The van der Waals surface area contributed by atoms with Crippen LogP contribution in [-0.4, -0.2) is 36.9 Å². The van der Waals surface area contributed by atoms with E-state index in [1.165, 1.54) is 18.1 Å². The molecule has 0 aliphatic rings. The highest BCUT2D eigenvalue weighted by molar-refractivity contribution is 8.00. The highest BCUT2D eigenvalue weighted by Gasteiger charge is 2.20. The van der Waals surface area contributed by atoms with Crippen LogP contribution in [0.25, 0.3) is 16.7 Å². The Kier molecular flexibility index (Phi) is 6.23. The Morgan fingerprint density at radius 1 is 1.03 bits per heavy atom. The molecule has 2 aromatic heterocycles. The Hall–Kier alpha value is -3.72. The van der Waals surface area contributed by atoms with Crippen molar-refractivity contribution >= 4 is 34.7 Å². The zero-order valence-corrected chi connectivity index (χ0v) is 17.5. The number of para-hydroxylation sites is 1. The van der Waals surface area contributed by atoms with Crippen molar-refractivity contribution in [1.82, 2.24) is 30.4 Å². The number of thioether (sulfide) groups is 1. The van der Waals surface area contributed by atoms with Gasteiger partial charge in [-0.3, -0.25) is 10.1 Å². The number of carbonyl (C=O) groups excluding carboxylic acids is 2. The van der Waals surface area contributed by atoms with Crippen LogP contribution in [0.15, 0.2) is 78.2 Å². The molecule has 2 heterocycles. The van der Waals surface area contributed by atoms with Crippen LogP contribution >= 0.6 is 11.8 Å². The minimum absolute atomic E-state index is 0.340. The number of urea groups is 1. The maximum atomic E-state index is 12.5. The molecule has 1 atom stereocenters. The van der Waals surface area contributed by atoms with Crippen molar-refractivity contribution in [3.63, 3.8) is 0 Å². The van der Waals surface area contributed by atoms with Gasteiger partial charge in [0.25, 0.3) is 0 Å². The third-order valence-electron chi connectivity index (χ3n) is 4.52. The van der Waals surface area contributed by atoms with Crippen molar-refractivity contribution in [3.05, 3.63) is 78.8 Å². The molecule has 3 amide bonds.